The smallest absolute Gasteiger partial charge is 0.145 e. The minimum atomic E-state index is 0.487. The number of hydrogen-bond donors (Lipinski definition) is 1. The highest BCUT2D eigenvalue weighted by molar-refractivity contribution is 9.10. The third-order valence-electron chi connectivity index (χ3n) is 3.26. The van der Waals surface area contributed by atoms with Crippen LogP contribution in [-0.4, -0.2) is 29.6 Å². The normalized spacial score (nSPS) is 20.0. The van der Waals surface area contributed by atoms with Gasteiger partial charge in [-0.05, 0) is 41.0 Å². The summed E-state index contributed by atoms with van der Waals surface area (Å²) in [5, 5.41) is 3.37. The zero-order chi connectivity index (χ0) is 11.8. The first kappa shape index (κ1) is 11.0. The molecule has 90 valence electrons. The lowest BCUT2D eigenvalue weighted by Gasteiger charge is -2.08. The summed E-state index contributed by atoms with van der Waals surface area (Å²) in [4.78, 5) is 4.64. The topological polar surface area (TPSA) is 38.6 Å². The van der Waals surface area contributed by atoms with E-state index in [2.05, 4.69) is 30.6 Å². The number of fused-ring (bicyclic) bond motifs is 1. The van der Waals surface area contributed by atoms with Crippen LogP contribution in [0.15, 0.2) is 22.9 Å². The largest absolute Gasteiger partial charge is 0.494 e. The molecule has 1 aliphatic heterocycles. The van der Waals surface area contributed by atoms with Crippen LogP contribution >= 0.6 is 15.9 Å². The van der Waals surface area contributed by atoms with Crippen LogP contribution in [0.5, 0.6) is 5.75 Å². The van der Waals surface area contributed by atoms with Gasteiger partial charge in [-0.2, -0.15) is 0 Å². The second kappa shape index (κ2) is 4.31. The molecule has 17 heavy (non-hydrogen) atoms. The highest BCUT2D eigenvalue weighted by Crippen LogP contribution is 2.32. The lowest BCUT2D eigenvalue weighted by molar-refractivity contribution is 0.417. The van der Waals surface area contributed by atoms with Gasteiger partial charge in [-0.25, -0.2) is 4.98 Å². The van der Waals surface area contributed by atoms with Crippen LogP contribution in [0.25, 0.3) is 5.52 Å². The maximum absolute atomic E-state index is 5.38. The van der Waals surface area contributed by atoms with Gasteiger partial charge in [0.2, 0.25) is 0 Å². The van der Waals surface area contributed by atoms with E-state index in [-0.39, 0.29) is 0 Å². The van der Waals surface area contributed by atoms with Gasteiger partial charge in [0.1, 0.15) is 21.7 Å². The number of rotatable bonds is 2. The van der Waals surface area contributed by atoms with E-state index in [9.17, 15) is 0 Å². The molecule has 2 aromatic heterocycles. The average molecular weight is 296 g/mol. The van der Waals surface area contributed by atoms with Crippen LogP contribution in [0.3, 0.4) is 0 Å². The van der Waals surface area contributed by atoms with E-state index < -0.39 is 0 Å². The number of methoxy groups -OCH3 is 1. The SMILES string of the molecule is COc1cccn2c(C3CCNC3)nc(Br)c12. The molecule has 1 atom stereocenters. The van der Waals surface area contributed by atoms with Crippen molar-refractivity contribution in [2.75, 3.05) is 20.2 Å². The second-order valence-electron chi connectivity index (χ2n) is 4.25. The van der Waals surface area contributed by atoms with Gasteiger partial charge in [-0.3, -0.25) is 4.40 Å². The number of aromatic nitrogens is 2. The molecule has 5 heteroatoms. The van der Waals surface area contributed by atoms with E-state index in [0.717, 1.165) is 41.2 Å². The third-order valence-corrected chi connectivity index (χ3v) is 3.81. The van der Waals surface area contributed by atoms with E-state index in [4.69, 9.17) is 4.74 Å². The molecule has 0 bridgehead atoms. The highest BCUT2D eigenvalue weighted by Gasteiger charge is 2.23. The molecule has 0 amide bonds. The summed E-state index contributed by atoms with van der Waals surface area (Å²) in [5.41, 5.74) is 1.01. The lowest BCUT2D eigenvalue weighted by Crippen LogP contribution is -2.10. The zero-order valence-corrected chi connectivity index (χ0v) is 11.2. The number of nitrogens with zero attached hydrogens (tertiary/aromatic N) is 2. The predicted octanol–water partition coefficient (Wildman–Crippen LogP) is 2.18. The molecule has 1 fully saturated rings. The summed E-state index contributed by atoms with van der Waals surface area (Å²) < 4.78 is 8.36. The number of imidazole rings is 1. The van der Waals surface area contributed by atoms with Gasteiger partial charge in [-0.1, -0.05) is 0 Å². The van der Waals surface area contributed by atoms with Crippen molar-refractivity contribution >= 4 is 21.4 Å². The molecule has 4 nitrogen and oxygen atoms in total. The first-order valence-corrected chi connectivity index (χ1v) is 6.51. The number of halogens is 1. The Hall–Kier alpha value is -1.07. The Kier molecular flexibility index (Phi) is 2.80. The van der Waals surface area contributed by atoms with E-state index in [1.807, 2.05) is 18.3 Å². The Morgan fingerprint density at radius 2 is 2.47 bits per heavy atom. The number of pyridine rings is 1. The van der Waals surface area contributed by atoms with Crippen molar-refractivity contribution < 1.29 is 4.74 Å². The van der Waals surface area contributed by atoms with E-state index in [1.54, 1.807) is 7.11 Å². The molecule has 0 aromatic carbocycles. The molecular formula is C12H14BrN3O. The summed E-state index contributed by atoms with van der Waals surface area (Å²) in [5.74, 6) is 2.45. The first-order valence-electron chi connectivity index (χ1n) is 5.72. The molecule has 0 saturated carbocycles. The molecule has 3 heterocycles. The Balaban J connectivity index is 2.20. The molecule has 1 aliphatic rings. The Labute approximate surface area is 108 Å². The van der Waals surface area contributed by atoms with Gasteiger partial charge in [0.05, 0.1) is 7.11 Å². The minimum Gasteiger partial charge on any atom is -0.494 e. The van der Waals surface area contributed by atoms with Crippen LogP contribution in [0.4, 0.5) is 0 Å². The quantitative estimate of drug-likeness (QED) is 0.923. The van der Waals surface area contributed by atoms with Crippen molar-refractivity contribution in [3.63, 3.8) is 0 Å². The van der Waals surface area contributed by atoms with Crippen LogP contribution in [-0.2, 0) is 0 Å². The predicted molar refractivity (Wildman–Crippen MR) is 69.7 cm³/mol. The average Bonchev–Trinajstić information content (AvgIpc) is 2.97. The second-order valence-corrected chi connectivity index (χ2v) is 5.00. The van der Waals surface area contributed by atoms with Gasteiger partial charge in [0, 0.05) is 18.7 Å². The van der Waals surface area contributed by atoms with Crippen LogP contribution in [0.1, 0.15) is 18.2 Å². The minimum absolute atomic E-state index is 0.487. The van der Waals surface area contributed by atoms with Crippen molar-refractivity contribution in [2.45, 2.75) is 12.3 Å². The fourth-order valence-electron chi connectivity index (χ4n) is 2.42. The highest BCUT2D eigenvalue weighted by atomic mass is 79.9. The molecular weight excluding hydrogens is 282 g/mol. The van der Waals surface area contributed by atoms with Crippen molar-refractivity contribution in [3.8, 4) is 5.75 Å². The van der Waals surface area contributed by atoms with Crippen molar-refractivity contribution in [1.29, 1.82) is 0 Å². The molecule has 2 aromatic rings. The number of hydrogen-bond acceptors (Lipinski definition) is 3. The summed E-state index contributed by atoms with van der Waals surface area (Å²) in [6.45, 7) is 2.07. The fourth-order valence-corrected chi connectivity index (χ4v) is 2.98. The van der Waals surface area contributed by atoms with Crippen molar-refractivity contribution in [2.24, 2.45) is 0 Å². The first-order chi connectivity index (χ1) is 8.31. The summed E-state index contributed by atoms with van der Waals surface area (Å²) in [7, 11) is 1.69. The molecule has 0 spiro atoms. The maximum Gasteiger partial charge on any atom is 0.145 e. The number of nitrogens with one attached hydrogen (secondary N) is 1. The maximum atomic E-state index is 5.38. The van der Waals surface area contributed by atoms with Crippen LogP contribution in [0.2, 0.25) is 0 Å². The van der Waals surface area contributed by atoms with Gasteiger partial charge in [0.15, 0.2) is 0 Å². The molecule has 0 aliphatic carbocycles. The Morgan fingerprint density at radius 1 is 1.59 bits per heavy atom. The van der Waals surface area contributed by atoms with Crippen molar-refractivity contribution in [3.05, 3.63) is 28.8 Å². The van der Waals surface area contributed by atoms with Gasteiger partial charge in [0.25, 0.3) is 0 Å². The molecule has 1 unspecified atom stereocenters. The Bertz CT molecular complexity index is 546. The zero-order valence-electron chi connectivity index (χ0n) is 9.61. The van der Waals surface area contributed by atoms with Crippen LogP contribution in [0, 0.1) is 0 Å². The summed E-state index contributed by atoms with van der Waals surface area (Å²) in [6.07, 6.45) is 3.19. The summed E-state index contributed by atoms with van der Waals surface area (Å²) in [6, 6.07) is 3.95. The number of ether oxygens (including phenoxy) is 1. The van der Waals surface area contributed by atoms with E-state index in [1.165, 1.54) is 0 Å². The lowest BCUT2D eigenvalue weighted by atomic mass is 10.1. The molecule has 3 rings (SSSR count). The van der Waals surface area contributed by atoms with E-state index in [0.29, 0.717) is 5.92 Å². The van der Waals surface area contributed by atoms with Crippen LogP contribution < -0.4 is 10.1 Å². The molecule has 1 N–H and O–H groups in total. The van der Waals surface area contributed by atoms with Gasteiger partial charge >= 0.3 is 0 Å². The monoisotopic (exact) mass is 295 g/mol. The molecule has 1 saturated heterocycles. The van der Waals surface area contributed by atoms with Crippen molar-refractivity contribution in [1.82, 2.24) is 14.7 Å². The fraction of sp³-hybridized carbons (Fsp3) is 0.417. The third kappa shape index (κ3) is 1.73. The standard InChI is InChI=1S/C12H14BrN3O/c1-17-9-3-2-6-16-10(9)11(13)15-12(16)8-4-5-14-7-8/h2-3,6,8,14H,4-5,7H2,1H3. The summed E-state index contributed by atoms with van der Waals surface area (Å²) >= 11 is 3.52. The molecule has 0 radical (unpaired) electrons. The van der Waals surface area contributed by atoms with E-state index >= 15 is 0 Å². The van der Waals surface area contributed by atoms with Gasteiger partial charge < -0.3 is 10.1 Å². The van der Waals surface area contributed by atoms with Gasteiger partial charge in [-0.15, -0.1) is 0 Å². The Morgan fingerprint density at radius 3 is 3.18 bits per heavy atom.